The third-order valence-corrected chi connectivity index (χ3v) is 8.28. The summed E-state index contributed by atoms with van der Waals surface area (Å²) in [5.74, 6) is 0. The van der Waals surface area contributed by atoms with E-state index in [1.54, 1.807) is 0 Å². The molecule has 2 heteroatoms. The minimum atomic E-state index is -0.212. The third-order valence-electron chi connectivity index (χ3n) is 5.73. The molecule has 0 spiro atoms. The van der Waals surface area contributed by atoms with E-state index < -0.39 is 0 Å². The van der Waals surface area contributed by atoms with Crippen molar-refractivity contribution >= 4 is 32.9 Å². The number of benzene rings is 4. The van der Waals surface area contributed by atoms with E-state index in [-0.39, 0.29) is 6.19 Å². The number of rotatable bonds is 2. The van der Waals surface area contributed by atoms with Gasteiger partial charge in [0.2, 0.25) is 0 Å². The zero-order valence-electron chi connectivity index (χ0n) is 19.7. The van der Waals surface area contributed by atoms with Crippen LogP contribution in [0.15, 0.2) is 133 Å². The molecule has 0 aliphatic heterocycles. The van der Waals surface area contributed by atoms with Crippen LogP contribution in [0.2, 0.25) is 6.55 Å². The van der Waals surface area contributed by atoms with Crippen molar-refractivity contribution in [1.82, 2.24) is 0 Å². The molecule has 34 heavy (non-hydrogen) atoms. The van der Waals surface area contributed by atoms with Crippen molar-refractivity contribution in [2.75, 3.05) is 0 Å². The second-order valence-corrected chi connectivity index (χ2v) is 13.7. The van der Waals surface area contributed by atoms with Crippen molar-refractivity contribution in [3.63, 3.8) is 0 Å². The average Bonchev–Trinajstić information content (AvgIpc) is 3.51. The predicted octanol–water partition coefficient (Wildman–Crippen LogP) is 8.15. The van der Waals surface area contributed by atoms with Gasteiger partial charge in [0, 0.05) is 0 Å². The van der Waals surface area contributed by atoms with E-state index in [9.17, 15) is 0 Å². The Morgan fingerprint density at radius 1 is 0.676 bits per heavy atom. The molecule has 0 bridgehead atoms. The molecular formula is C32H28SiTi. The van der Waals surface area contributed by atoms with E-state index >= 15 is 0 Å². The molecule has 0 radical (unpaired) electrons. The molecule has 6 aromatic carbocycles. The molecule has 0 aromatic heterocycles. The van der Waals surface area contributed by atoms with Gasteiger partial charge in [0.1, 0.15) is 0 Å². The molecule has 0 aliphatic rings. The Labute approximate surface area is 214 Å². The largest absolute Gasteiger partial charge is 0.168 e. The summed E-state index contributed by atoms with van der Waals surface area (Å²) in [7, 11) is 0. The molecule has 0 amide bonds. The summed E-state index contributed by atoms with van der Waals surface area (Å²) in [5.41, 5.74) is 3.95. The molecule has 0 aliphatic carbocycles. The van der Waals surface area contributed by atoms with E-state index in [2.05, 4.69) is 166 Å². The van der Waals surface area contributed by atoms with Gasteiger partial charge in [-0.25, -0.2) is 0 Å². The van der Waals surface area contributed by atoms with Crippen molar-refractivity contribution in [2.24, 2.45) is 0 Å². The van der Waals surface area contributed by atoms with E-state index in [0.717, 1.165) is 0 Å². The Kier molecular flexibility index (Phi) is 8.49. The first-order chi connectivity index (χ1) is 16.6. The third kappa shape index (κ3) is 6.33. The maximum Gasteiger partial charge on any atom is -0.0279 e. The molecule has 0 saturated heterocycles. The summed E-state index contributed by atoms with van der Waals surface area (Å²) in [4.78, 5) is 0. The molecule has 0 fully saturated rings. The van der Waals surface area contributed by atoms with Crippen LogP contribution in [0.5, 0.6) is 0 Å². The number of fused-ring (bicyclic) bond motifs is 2. The first kappa shape index (κ1) is 24.2. The SMILES string of the molecule is C[Si](=[Ti+2])c1ccccc1.Cc1cc2ccccc2[cH-]1.c1ccc(-c2cccc3[cH-]ccc23)cc1. The molecule has 0 heterocycles. The quantitative estimate of drug-likeness (QED) is 0.170. The zero-order valence-corrected chi connectivity index (χ0v) is 22.3. The van der Waals surface area contributed by atoms with Gasteiger partial charge in [0.25, 0.3) is 0 Å². The van der Waals surface area contributed by atoms with Gasteiger partial charge in [-0.15, -0.1) is 69.6 Å². The number of hydrogen-bond acceptors (Lipinski definition) is 0. The minimum Gasteiger partial charge on any atom is -0.168 e. The van der Waals surface area contributed by atoms with Gasteiger partial charge in [-0.1, -0.05) is 55.0 Å². The number of hydrogen-bond donors (Lipinski definition) is 0. The van der Waals surface area contributed by atoms with Gasteiger partial charge in [-0.2, -0.15) is 18.2 Å². The van der Waals surface area contributed by atoms with Crippen LogP contribution in [-0.2, 0) is 19.2 Å². The van der Waals surface area contributed by atoms with Crippen LogP contribution in [-0.4, -0.2) is 6.19 Å². The van der Waals surface area contributed by atoms with Crippen LogP contribution in [0, 0.1) is 6.92 Å². The van der Waals surface area contributed by atoms with Gasteiger partial charge in [0.15, 0.2) is 0 Å². The van der Waals surface area contributed by atoms with Crippen LogP contribution in [0.3, 0.4) is 0 Å². The monoisotopic (exact) mass is 488 g/mol. The summed E-state index contributed by atoms with van der Waals surface area (Å²) in [6.07, 6.45) is -0.212. The molecule has 0 saturated carbocycles. The van der Waals surface area contributed by atoms with Gasteiger partial charge in [0.05, 0.1) is 0 Å². The summed E-state index contributed by atoms with van der Waals surface area (Å²) in [6, 6.07) is 46.9. The Bertz CT molecular complexity index is 1440. The maximum atomic E-state index is 2.31. The standard InChI is InChI=1S/C15H11.C10H9.C7H8Si.Ti/c1-2-6-12(7-3-1)14-10-4-8-13-9-5-11-15(13)14;1-8-6-9-4-2-3-5-10(9)7-8;1-8-7-5-3-2-4-6-7;/h1-11H;2-7H,1H3;2-6H,1H3;/q2*-1;;+2. The van der Waals surface area contributed by atoms with Gasteiger partial charge in [-0.3, -0.25) is 0 Å². The van der Waals surface area contributed by atoms with Crippen LogP contribution in [0.1, 0.15) is 5.56 Å². The van der Waals surface area contributed by atoms with E-state index in [4.69, 9.17) is 0 Å². The Morgan fingerprint density at radius 3 is 2.00 bits per heavy atom. The summed E-state index contributed by atoms with van der Waals surface area (Å²) >= 11 is 2.31. The van der Waals surface area contributed by atoms with Gasteiger partial charge < -0.3 is 0 Å². The number of aryl methyl sites for hydroxylation is 1. The fourth-order valence-corrected chi connectivity index (χ4v) is 5.50. The molecule has 0 atom stereocenters. The van der Waals surface area contributed by atoms with Crippen LogP contribution in [0.25, 0.3) is 32.7 Å². The van der Waals surface area contributed by atoms with Crippen molar-refractivity contribution in [1.29, 1.82) is 0 Å². The van der Waals surface area contributed by atoms with E-state index in [0.29, 0.717) is 0 Å². The van der Waals surface area contributed by atoms with Crippen molar-refractivity contribution in [3.8, 4) is 11.1 Å². The van der Waals surface area contributed by atoms with Crippen LogP contribution in [0.4, 0.5) is 0 Å². The molecule has 0 unspecified atom stereocenters. The molecular weight excluding hydrogens is 460 g/mol. The molecule has 6 rings (SSSR count). The summed E-state index contributed by atoms with van der Waals surface area (Å²) < 4.78 is 0. The van der Waals surface area contributed by atoms with Crippen molar-refractivity contribution < 1.29 is 19.2 Å². The molecule has 6 aromatic rings. The van der Waals surface area contributed by atoms with Crippen molar-refractivity contribution in [3.05, 3.63) is 139 Å². The van der Waals surface area contributed by atoms with Crippen molar-refractivity contribution in [2.45, 2.75) is 13.5 Å². The first-order valence-electron chi connectivity index (χ1n) is 11.5. The molecule has 0 N–H and O–H groups in total. The normalized spacial score (nSPS) is 10.2. The summed E-state index contributed by atoms with van der Waals surface area (Å²) in [6.45, 7) is 4.43. The maximum absolute atomic E-state index is 2.31. The Morgan fingerprint density at radius 2 is 1.32 bits per heavy atom. The van der Waals surface area contributed by atoms with E-state index in [1.165, 1.54) is 43.4 Å². The second-order valence-electron chi connectivity index (χ2n) is 8.35. The Hall–Kier alpha value is -2.97. The molecule has 0 nitrogen and oxygen atoms in total. The fourth-order valence-electron chi connectivity index (χ4n) is 4.03. The van der Waals surface area contributed by atoms with Crippen LogP contribution < -0.4 is 5.19 Å². The summed E-state index contributed by atoms with van der Waals surface area (Å²) in [5, 5.41) is 6.86. The minimum absolute atomic E-state index is 0.212. The predicted molar refractivity (Wildman–Crippen MR) is 147 cm³/mol. The van der Waals surface area contributed by atoms with Crippen LogP contribution >= 0.6 is 0 Å². The average molecular weight is 489 g/mol. The zero-order chi connectivity index (χ0) is 23.8. The fraction of sp³-hybridized carbons (Fsp3) is 0.0625. The van der Waals surface area contributed by atoms with Gasteiger partial charge in [-0.05, 0) is 5.56 Å². The Balaban J connectivity index is 0.000000127. The van der Waals surface area contributed by atoms with Gasteiger partial charge >= 0.3 is 67.4 Å². The topological polar surface area (TPSA) is 0 Å². The van der Waals surface area contributed by atoms with E-state index in [1.807, 2.05) is 0 Å². The first-order valence-corrected chi connectivity index (χ1v) is 15.9. The second kappa shape index (κ2) is 11.9. The smallest absolute Gasteiger partial charge is 0.0279 e. The molecule has 164 valence electrons.